The normalized spacial score (nSPS) is 35.5. The van der Waals surface area contributed by atoms with E-state index in [9.17, 15) is 5.11 Å². The average molecular weight is 242 g/mol. The number of hydrogen-bond donors (Lipinski definition) is 1. The maximum absolute atomic E-state index is 10.7. The molecular formula is C14H26O3. The molecule has 0 aromatic rings. The summed E-state index contributed by atoms with van der Waals surface area (Å²) in [4.78, 5) is 0. The molecule has 1 heterocycles. The van der Waals surface area contributed by atoms with Crippen molar-refractivity contribution < 1.29 is 14.6 Å². The van der Waals surface area contributed by atoms with Crippen LogP contribution in [0.3, 0.4) is 0 Å². The molecule has 3 heteroatoms. The molecule has 0 amide bonds. The van der Waals surface area contributed by atoms with Crippen LogP contribution in [0.4, 0.5) is 0 Å². The molecule has 100 valence electrons. The molecule has 0 aromatic heterocycles. The number of aliphatic hydroxyl groups excluding tert-OH is 1. The summed E-state index contributed by atoms with van der Waals surface area (Å²) in [5.74, 6) is 1.16. The van der Waals surface area contributed by atoms with E-state index in [0.29, 0.717) is 19.1 Å². The lowest BCUT2D eigenvalue weighted by Crippen LogP contribution is -2.52. The monoisotopic (exact) mass is 242 g/mol. The Bertz CT molecular complexity index is 236. The molecule has 1 saturated heterocycles. The fraction of sp³-hybridized carbons (Fsp3) is 1.00. The van der Waals surface area contributed by atoms with Crippen LogP contribution in [0.25, 0.3) is 0 Å². The van der Waals surface area contributed by atoms with Crippen molar-refractivity contribution in [3.8, 4) is 0 Å². The van der Waals surface area contributed by atoms with Crippen molar-refractivity contribution in [3.05, 3.63) is 0 Å². The Kier molecular flexibility index (Phi) is 4.45. The maximum Gasteiger partial charge on any atom is 0.0982 e. The minimum atomic E-state index is -0.347. The van der Waals surface area contributed by atoms with E-state index in [0.717, 1.165) is 31.6 Å². The molecule has 3 atom stereocenters. The van der Waals surface area contributed by atoms with Crippen LogP contribution >= 0.6 is 0 Å². The maximum atomic E-state index is 10.7. The second-order valence-corrected chi connectivity index (χ2v) is 5.86. The van der Waals surface area contributed by atoms with Crippen molar-refractivity contribution in [1.29, 1.82) is 0 Å². The van der Waals surface area contributed by atoms with Crippen LogP contribution in [0.1, 0.15) is 45.4 Å². The van der Waals surface area contributed by atoms with Gasteiger partial charge in [-0.05, 0) is 24.7 Å². The molecule has 0 aromatic carbocycles. The Morgan fingerprint density at radius 3 is 2.59 bits per heavy atom. The molecule has 1 saturated carbocycles. The fourth-order valence-corrected chi connectivity index (χ4v) is 3.53. The molecule has 1 N–H and O–H groups in total. The summed E-state index contributed by atoms with van der Waals surface area (Å²) in [6, 6.07) is 0. The van der Waals surface area contributed by atoms with Crippen molar-refractivity contribution in [1.82, 2.24) is 0 Å². The zero-order valence-electron chi connectivity index (χ0n) is 11.2. The summed E-state index contributed by atoms with van der Waals surface area (Å²) in [5.41, 5.74) is -0.347. The minimum Gasteiger partial charge on any atom is -0.390 e. The summed E-state index contributed by atoms with van der Waals surface area (Å²) < 4.78 is 11.1. The van der Waals surface area contributed by atoms with Crippen LogP contribution in [-0.4, -0.2) is 37.1 Å². The first-order chi connectivity index (χ1) is 8.18. The van der Waals surface area contributed by atoms with Gasteiger partial charge in [0.05, 0.1) is 11.7 Å². The largest absolute Gasteiger partial charge is 0.390 e. The van der Waals surface area contributed by atoms with Gasteiger partial charge in [0.25, 0.3) is 0 Å². The van der Waals surface area contributed by atoms with Gasteiger partial charge < -0.3 is 14.6 Å². The molecular weight excluding hydrogens is 216 g/mol. The quantitative estimate of drug-likeness (QED) is 0.825. The highest BCUT2D eigenvalue weighted by Gasteiger charge is 2.44. The Hall–Kier alpha value is -0.120. The molecule has 1 aliphatic carbocycles. The first kappa shape index (κ1) is 13.3. The van der Waals surface area contributed by atoms with Gasteiger partial charge in [-0.3, -0.25) is 0 Å². The second-order valence-electron chi connectivity index (χ2n) is 5.86. The summed E-state index contributed by atoms with van der Waals surface area (Å²) in [7, 11) is 1.74. The molecule has 2 fully saturated rings. The highest BCUT2D eigenvalue weighted by atomic mass is 16.5. The SMILES string of the molecule is COC1(C(O)C2CCCC(C)C2)CCOCC1. The lowest BCUT2D eigenvalue weighted by molar-refractivity contribution is -0.172. The van der Waals surface area contributed by atoms with Crippen LogP contribution < -0.4 is 0 Å². The third-order valence-corrected chi connectivity index (χ3v) is 4.71. The molecule has 1 aliphatic heterocycles. The van der Waals surface area contributed by atoms with Gasteiger partial charge in [0.2, 0.25) is 0 Å². The Balaban J connectivity index is 2.02. The van der Waals surface area contributed by atoms with E-state index >= 15 is 0 Å². The Morgan fingerprint density at radius 2 is 2.00 bits per heavy atom. The van der Waals surface area contributed by atoms with Crippen molar-refractivity contribution in [2.75, 3.05) is 20.3 Å². The molecule has 0 bridgehead atoms. The van der Waals surface area contributed by atoms with Crippen LogP contribution in [0.5, 0.6) is 0 Å². The molecule has 0 spiro atoms. The van der Waals surface area contributed by atoms with Crippen molar-refractivity contribution in [2.45, 2.75) is 57.2 Å². The number of aliphatic hydroxyl groups is 1. The average Bonchev–Trinajstić information content (AvgIpc) is 2.38. The topological polar surface area (TPSA) is 38.7 Å². The molecule has 2 rings (SSSR count). The van der Waals surface area contributed by atoms with E-state index in [-0.39, 0.29) is 11.7 Å². The summed E-state index contributed by atoms with van der Waals surface area (Å²) in [6.07, 6.45) is 6.19. The first-order valence-corrected chi connectivity index (χ1v) is 6.99. The Morgan fingerprint density at radius 1 is 1.29 bits per heavy atom. The van der Waals surface area contributed by atoms with Gasteiger partial charge >= 0.3 is 0 Å². The van der Waals surface area contributed by atoms with Gasteiger partial charge in [-0.2, -0.15) is 0 Å². The zero-order chi connectivity index (χ0) is 12.3. The van der Waals surface area contributed by atoms with Crippen LogP contribution in [0, 0.1) is 11.8 Å². The van der Waals surface area contributed by atoms with Gasteiger partial charge in [-0.1, -0.05) is 19.8 Å². The minimum absolute atomic E-state index is 0.320. The zero-order valence-corrected chi connectivity index (χ0v) is 11.2. The lowest BCUT2D eigenvalue weighted by Gasteiger charge is -2.44. The van der Waals surface area contributed by atoms with Crippen LogP contribution in [-0.2, 0) is 9.47 Å². The third kappa shape index (κ3) is 2.83. The van der Waals surface area contributed by atoms with Gasteiger partial charge in [0.15, 0.2) is 0 Å². The predicted octanol–water partition coefficient (Wildman–Crippen LogP) is 2.37. The van der Waals surface area contributed by atoms with Crippen LogP contribution in [0.15, 0.2) is 0 Å². The second kappa shape index (κ2) is 5.68. The van der Waals surface area contributed by atoms with Gasteiger partial charge in [-0.25, -0.2) is 0 Å². The van der Waals surface area contributed by atoms with Crippen LogP contribution in [0.2, 0.25) is 0 Å². The molecule has 0 radical (unpaired) electrons. The smallest absolute Gasteiger partial charge is 0.0982 e. The van der Waals surface area contributed by atoms with Crippen molar-refractivity contribution in [3.63, 3.8) is 0 Å². The number of hydrogen-bond acceptors (Lipinski definition) is 3. The number of rotatable bonds is 3. The van der Waals surface area contributed by atoms with E-state index in [4.69, 9.17) is 9.47 Å². The number of ether oxygens (including phenoxy) is 2. The van der Waals surface area contributed by atoms with E-state index in [1.54, 1.807) is 7.11 Å². The van der Waals surface area contributed by atoms with Gasteiger partial charge in [-0.15, -0.1) is 0 Å². The molecule has 3 unspecified atom stereocenters. The first-order valence-electron chi connectivity index (χ1n) is 6.99. The lowest BCUT2D eigenvalue weighted by atomic mass is 9.72. The van der Waals surface area contributed by atoms with E-state index in [1.165, 1.54) is 12.8 Å². The fourth-order valence-electron chi connectivity index (χ4n) is 3.53. The Labute approximate surface area is 104 Å². The standard InChI is InChI=1S/C14H26O3/c1-11-4-3-5-12(10-11)13(15)14(16-2)6-8-17-9-7-14/h11-13,15H,3-10H2,1-2H3. The van der Waals surface area contributed by atoms with E-state index in [1.807, 2.05) is 0 Å². The summed E-state index contributed by atoms with van der Waals surface area (Å²) in [5, 5.41) is 10.7. The summed E-state index contributed by atoms with van der Waals surface area (Å²) in [6.45, 7) is 3.72. The highest BCUT2D eigenvalue weighted by Crippen LogP contribution is 2.39. The molecule has 17 heavy (non-hydrogen) atoms. The van der Waals surface area contributed by atoms with Crippen molar-refractivity contribution in [2.24, 2.45) is 11.8 Å². The van der Waals surface area contributed by atoms with Crippen molar-refractivity contribution >= 4 is 0 Å². The highest BCUT2D eigenvalue weighted by molar-refractivity contribution is 4.95. The predicted molar refractivity (Wildman–Crippen MR) is 66.9 cm³/mol. The molecule has 3 nitrogen and oxygen atoms in total. The third-order valence-electron chi connectivity index (χ3n) is 4.71. The van der Waals surface area contributed by atoms with E-state index < -0.39 is 0 Å². The summed E-state index contributed by atoms with van der Waals surface area (Å²) >= 11 is 0. The van der Waals surface area contributed by atoms with E-state index in [2.05, 4.69) is 6.92 Å². The van der Waals surface area contributed by atoms with Gasteiger partial charge in [0, 0.05) is 33.2 Å². The number of methoxy groups -OCH3 is 1. The van der Waals surface area contributed by atoms with Gasteiger partial charge in [0.1, 0.15) is 0 Å². The molecule has 2 aliphatic rings.